The van der Waals surface area contributed by atoms with Gasteiger partial charge in [-0.2, -0.15) is 0 Å². The molecule has 0 aromatic carbocycles. The van der Waals surface area contributed by atoms with E-state index < -0.39 is 11.1 Å². The van der Waals surface area contributed by atoms with Crippen LogP contribution < -0.4 is 10.6 Å². The van der Waals surface area contributed by atoms with Crippen molar-refractivity contribution in [3.8, 4) is 0 Å². The molecule has 14 heavy (non-hydrogen) atoms. The fourth-order valence-electron chi connectivity index (χ4n) is 3.41. The first kappa shape index (κ1) is 8.26. The molecule has 4 heteroatoms. The van der Waals surface area contributed by atoms with Crippen molar-refractivity contribution in [3.05, 3.63) is 0 Å². The van der Waals surface area contributed by atoms with Gasteiger partial charge in [-0.1, -0.05) is 6.42 Å². The number of carbonyl (C=O) groups excluding carboxylic acids is 2. The van der Waals surface area contributed by atoms with Crippen LogP contribution >= 0.6 is 0 Å². The quantitative estimate of drug-likeness (QED) is 0.539. The first-order chi connectivity index (χ1) is 6.57. The smallest absolute Gasteiger partial charge is 0.237 e. The highest BCUT2D eigenvalue weighted by Crippen LogP contribution is 2.52. The Morgan fingerprint density at radius 1 is 1.29 bits per heavy atom. The van der Waals surface area contributed by atoms with Gasteiger partial charge in [0.15, 0.2) is 0 Å². The Hall–Kier alpha value is -1.06. The third-order valence-electron chi connectivity index (χ3n) is 4.06. The number of rotatable bonds is 0. The van der Waals surface area contributed by atoms with Gasteiger partial charge in [-0.25, -0.2) is 0 Å². The second-order valence-corrected chi connectivity index (χ2v) is 5.00. The third-order valence-corrected chi connectivity index (χ3v) is 4.06. The van der Waals surface area contributed by atoms with Gasteiger partial charge < -0.3 is 10.6 Å². The molecule has 4 aliphatic rings. The summed E-state index contributed by atoms with van der Waals surface area (Å²) >= 11 is 0. The van der Waals surface area contributed by atoms with E-state index in [4.69, 9.17) is 0 Å². The van der Waals surface area contributed by atoms with Crippen molar-refractivity contribution in [3.63, 3.8) is 0 Å². The van der Waals surface area contributed by atoms with E-state index in [-0.39, 0.29) is 17.7 Å². The molecule has 3 aliphatic heterocycles. The second-order valence-electron chi connectivity index (χ2n) is 5.00. The summed E-state index contributed by atoms with van der Waals surface area (Å²) in [6.07, 6.45) is 3.65. The average molecular weight is 194 g/mol. The number of amides is 2. The van der Waals surface area contributed by atoms with Crippen LogP contribution in [0.25, 0.3) is 0 Å². The molecule has 0 radical (unpaired) electrons. The molecule has 1 atom stereocenters. The fraction of sp³-hybridized carbons (Fsp3) is 0.800. The summed E-state index contributed by atoms with van der Waals surface area (Å²) < 4.78 is 0. The first-order valence-corrected chi connectivity index (χ1v) is 5.22. The van der Waals surface area contributed by atoms with E-state index in [0.29, 0.717) is 0 Å². The van der Waals surface area contributed by atoms with Gasteiger partial charge in [-0.05, 0) is 32.1 Å². The summed E-state index contributed by atoms with van der Waals surface area (Å²) in [5, 5.41) is 5.83. The van der Waals surface area contributed by atoms with Crippen molar-refractivity contribution in [2.75, 3.05) is 0 Å². The summed E-state index contributed by atoms with van der Waals surface area (Å²) in [7, 11) is 0. The van der Waals surface area contributed by atoms with Gasteiger partial charge >= 0.3 is 0 Å². The number of carbonyl (C=O) groups is 2. The maximum absolute atomic E-state index is 11.9. The van der Waals surface area contributed by atoms with E-state index in [2.05, 4.69) is 10.6 Å². The van der Waals surface area contributed by atoms with Gasteiger partial charge in [0.2, 0.25) is 11.8 Å². The van der Waals surface area contributed by atoms with Crippen LogP contribution in [0.15, 0.2) is 0 Å². The minimum Gasteiger partial charge on any atom is -0.333 e. The normalized spacial score (nSPS) is 49.9. The molecule has 4 fully saturated rings. The lowest BCUT2D eigenvalue weighted by atomic mass is 9.65. The van der Waals surface area contributed by atoms with Gasteiger partial charge in [0.25, 0.3) is 0 Å². The van der Waals surface area contributed by atoms with Gasteiger partial charge in [0.05, 0.1) is 0 Å². The number of hydrogen-bond donors (Lipinski definition) is 2. The minimum absolute atomic E-state index is 0.0440. The summed E-state index contributed by atoms with van der Waals surface area (Å²) in [5.74, 6) is 0.185. The zero-order chi connectivity index (χ0) is 9.97. The van der Waals surface area contributed by atoms with Crippen LogP contribution in [-0.4, -0.2) is 17.5 Å². The lowest BCUT2D eigenvalue weighted by molar-refractivity contribution is -0.163. The highest BCUT2D eigenvalue weighted by atomic mass is 16.2. The molecule has 76 valence electrons. The molecular weight excluding hydrogens is 180 g/mol. The highest BCUT2D eigenvalue weighted by Gasteiger charge is 2.64. The molecule has 4 nitrogen and oxygen atoms in total. The number of fused-ring (bicyclic) bond motifs is 2. The molecule has 2 N–H and O–H groups in total. The van der Waals surface area contributed by atoms with Crippen molar-refractivity contribution in [1.82, 2.24) is 10.6 Å². The van der Waals surface area contributed by atoms with E-state index in [1.165, 1.54) is 0 Å². The third kappa shape index (κ3) is 0.713. The van der Waals surface area contributed by atoms with Gasteiger partial charge in [-0.15, -0.1) is 0 Å². The van der Waals surface area contributed by atoms with Crippen LogP contribution in [0.1, 0.15) is 32.6 Å². The van der Waals surface area contributed by atoms with E-state index in [9.17, 15) is 9.59 Å². The monoisotopic (exact) mass is 194 g/mol. The average Bonchev–Trinajstić information content (AvgIpc) is 2.46. The highest BCUT2D eigenvalue weighted by molar-refractivity contribution is 6.09. The maximum atomic E-state index is 11.9. The molecular formula is C10H14N2O2. The Labute approximate surface area is 82.4 Å². The summed E-state index contributed by atoms with van der Waals surface area (Å²) in [5.41, 5.74) is -1.19. The van der Waals surface area contributed by atoms with Crippen molar-refractivity contribution in [1.29, 1.82) is 0 Å². The molecule has 3 heterocycles. The van der Waals surface area contributed by atoms with E-state index in [1.807, 2.05) is 6.92 Å². The Balaban J connectivity index is 2.13. The van der Waals surface area contributed by atoms with Gasteiger partial charge in [-0.3, -0.25) is 9.59 Å². The topological polar surface area (TPSA) is 58.2 Å². The zero-order valence-corrected chi connectivity index (χ0v) is 8.22. The number of nitrogens with one attached hydrogen (secondary N) is 2. The Bertz CT molecular complexity index is 319. The molecule has 1 unspecified atom stereocenters. The van der Waals surface area contributed by atoms with Crippen LogP contribution in [0.4, 0.5) is 0 Å². The van der Waals surface area contributed by atoms with Gasteiger partial charge in [0, 0.05) is 0 Å². The molecule has 2 amide bonds. The first-order valence-electron chi connectivity index (χ1n) is 5.22. The summed E-state index contributed by atoms with van der Waals surface area (Å²) in [6, 6.07) is 0. The lowest BCUT2D eigenvalue weighted by Crippen LogP contribution is -2.77. The predicted molar refractivity (Wildman–Crippen MR) is 49.1 cm³/mol. The van der Waals surface area contributed by atoms with Crippen molar-refractivity contribution >= 4 is 11.8 Å². The molecule has 1 spiro atoms. The zero-order valence-electron chi connectivity index (χ0n) is 8.22. The molecule has 3 saturated heterocycles. The Kier molecular flexibility index (Phi) is 1.25. The maximum Gasteiger partial charge on any atom is 0.237 e. The Morgan fingerprint density at radius 3 is 2.57 bits per heavy atom. The summed E-state index contributed by atoms with van der Waals surface area (Å²) in [6.45, 7) is 1.89. The van der Waals surface area contributed by atoms with Crippen LogP contribution in [0.2, 0.25) is 0 Å². The van der Waals surface area contributed by atoms with Crippen LogP contribution in [0, 0.1) is 11.3 Å². The molecule has 0 aromatic heterocycles. The molecule has 4 rings (SSSR count). The Morgan fingerprint density at radius 2 is 1.93 bits per heavy atom. The summed E-state index contributed by atoms with van der Waals surface area (Å²) in [4.78, 5) is 23.8. The van der Waals surface area contributed by atoms with Gasteiger partial charge in [0.1, 0.15) is 11.1 Å². The van der Waals surface area contributed by atoms with Crippen molar-refractivity contribution in [2.24, 2.45) is 11.3 Å². The van der Waals surface area contributed by atoms with E-state index in [0.717, 1.165) is 25.7 Å². The minimum atomic E-state index is -0.711. The fourth-order valence-corrected chi connectivity index (χ4v) is 3.41. The van der Waals surface area contributed by atoms with Crippen LogP contribution in [0.5, 0.6) is 0 Å². The molecule has 1 aliphatic carbocycles. The van der Waals surface area contributed by atoms with Crippen LogP contribution in [0.3, 0.4) is 0 Å². The van der Waals surface area contributed by atoms with E-state index in [1.54, 1.807) is 0 Å². The van der Waals surface area contributed by atoms with E-state index >= 15 is 0 Å². The standard InChI is InChI=1S/C10H14N2O2/c1-9-5-6-3-2-4-10(6,7(13)11-9)8(14)12-9/h6H,2-5H2,1H3,(H,11,13)(H,12,14). The van der Waals surface area contributed by atoms with Crippen molar-refractivity contribution < 1.29 is 9.59 Å². The number of piperidine rings is 2. The largest absolute Gasteiger partial charge is 0.333 e. The van der Waals surface area contributed by atoms with Crippen molar-refractivity contribution in [2.45, 2.75) is 38.3 Å². The predicted octanol–water partition coefficient (Wildman–Crippen LogP) is 0.139. The molecule has 1 saturated carbocycles. The number of hydrogen-bond acceptors (Lipinski definition) is 2. The second kappa shape index (κ2) is 2.12. The SMILES string of the molecule is CC12CC3CCCC3(C(=O)N1)C(=O)N2. The lowest BCUT2D eigenvalue weighted by Gasteiger charge is -2.52. The van der Waals surface area contributed by atoms with Crippen LogP contribution in [-0.2, 0) is 9.59 Å². The molecule has 0 aromatic rings. The molecule has 2 bridgehead atoms.